The molecule has 1 N–H and O–H groups in total. The maximum Gasteiger partial charge on any atom is 0.265 e. The van der Waals surface area contributed by atoms with Crippen LogP contribution in [0.4, 0.5) is 5.95 Å². The first-order valence-corrected chi connectivity index (χ1v) is 12.1. The zero-order valence-electron chi connectivity index (χ0n) is 19.8. The van der Waals surface area contributed by atoms with Crippen molar-refractivity contribution < 1.29 is 4.74 Å². The van der Waals surface area contributed by atoms with Gasteiger partial charge in [-0.05, 0) is 42.3 Å². The molecular weight excluding hydrogens is 436 g/mol. The summed E-state index contributed by atoms with van der Waals surface area (Å²) in [6.07, 6.45) is 6.47. The van der Waals surface area contributed by atoms with E-state index < -0.39 is 0 Å². The van der Waals surface area contributed by atoms with Gasteiger partial charge in [0.15, 0.2) is 5.65 Å². The van der Waals surface area contributed by atoms with Crippen molar-refractivity contribution in [2.45, 2.75) is 39.2 Å². The number of fused-ring (bicyclic) bond motifs is 3. The second-order valence-corrected chi connectivity index (χ2v) is 8.39. The van der Waals surface area contributed by atoms with Crippen LogP contribution in [0.25, 0.3) is 22.1 Å². The van der Waals surface area contributed by atoms with E-state index in [2.05, 4.69) is 50.4 Å². The molecule has 0 spiro atoms. The smallest absolute Gasteiger partial charge is 0.265 e. The molecule has 0 bridgehead atoms. The summed E-state index contributed by atoms with van der Waals surface area (Å²) in [7, 11) is 0. The first-order chi connectivity index (χ1) is 17.3. The Labute approximate surface area is 204 Å². The monoisotopic (exact) mass is 464 g/mol. The minimum atomic E-state index is 0.364. The SMILES string of the molecule is CCCCCCn1c2ccccc2c2nnc(N/N=C/c3cccc(Oc4ccccc4)c3)nc21. The summed E-state index contributed by atoms with van der Waals surface area (Å²) in [6, 6.07) is 25.7. The van der Waals surface area contributed by atoms with E-state index >= 15 is 0 Å². The minimum absolute atomic E-state index is 0.364. The van der Waals surface area contributed by atoms with Gasteiger partial charge in [0.1, 0.15) is 17.0 Å². The number of aryl methyl sites for hydroxylation is 1. The van der Waals surface area contributed by atoms with E-state index in [1.165, 1.54) is 19.3 Å². The van der Waals surface area contributed by atoms with E-state index in [0.717, 1.165) is 52.1 Å². The van der Waals surface area contributed by atoms with Gasteiger partial charge in [-0.25, -0.2) is 5.43 Å². The third-order valence-corrected chi connectivity index (χ3v) is 5.82. The summed E-state index contributed by atoms with van der Waals surface area (Å²) >= 11 is 0. The number of para-hydroxylation sites is 2. The number of unbranched alkanes of at least 4 members (excludes halogenated alkanes) is 3. The summed E-state index contributed by atoms with van der Waals surface area (Å²) in [4.78, 5) is 4.76. The van der Waals surface area contributed by atoms with Crippen LogP contribution in [0.2, 0.25) is 0 Å². The number of nitrogens with zero attached hydrogens (tertiary/aromatic N) is 5. The average Bonchev–Trinajstić information content (AvgIpc) is 3.20. The molecule has 0 saturated heterocycles. The highest BCUT2D eigenvalue weighted by molar-refractivity contribution is 6.04. The lowest BCUT2D eigenvalue weighted by molar-refractivity contribution is 0.482. The topological polar surface area (TPSA) is 77.2 Å². The van der Waals surface area contributed by atoms with Crippen molar-refractivity contribution in [3.05, 3.63) is 84.4 Å². The molecule has 0 unspecified atom stereocenters. The van der Waals surface area contributed by atoms with Gasteiger partial charge in [0.2, 0.25) is 0 Å². The standard InChI is InChI=1S/C28H28N6O/c1-2-3-4-10-18-34-25-17-9-8-16-24(25)26-27(34)30-28(33-31-26)32-29-20-21-12-11-15-23(19-21)35-22-13-6-5-7-14-22/h5-9,11-17,19-20H,2-4,10,18H2,1H3,(H,30,32,33)/b29-20+. The van der Waals surface area contributed by atoms with Crippen LogP contribution in [0.15, 0.2) is 84.0 Å². The largest absolute Gasteiger partial charge is 0.457 e. The molecule has 0 amide bonds. The molecule has 7 heteroatoms. The number of hydrogen-bond acceptors (Lipinski definition) is 6. The molecule has 2 heterocycles. The number of ether oxygens (including phenoxy) is 1. The highest BCUT2D eigenvalue weighted by Crippen LogP contribution is 2.27. The van der Waals surface area contributed by atoms with E-state index in [1.807, 2.05) is 60.7 Å². The lowest BCUT2D eigenvalue weighted by Crippen LogP contribution is -2.03. The third kappa shape index (κ3) is 5.30. The quantitative estimate of drug-likeness (QED) is 0.140. The van der Waals surface area contributed by atoms with Gasteiger partial charge in [0, 0.05) is 11.9 Å². The van der Waals surface area contributed by atoms with Crippen LogP contribution in [0.5, 0.6) is 11.5 Å². The number of hydrazone groups is 1. The second-order valence-electron chi connectivity index (χ2n) is 8.39. The fourth-order valence-corrected chi connectivity index (χ4v) is 4.12. The Balaban J connectivity index is 1.34. The molecule has 0 atom stereocenters. The van der Waals surface area contributed by atoms with Crippen molar-refractivity contribution >= 4 is 34.2 Å². The summed E-state index contributed by atoms with van der Waals surface area (Å²) in [5.74, 6) is 1.90. The maximum absolute atomic E-state index is 5.90. The van der Waals surface area contributed by atoms with Crippen LogP contribution in [0.3, 0.4) is 0 Å². The van der Waals surface area contributed by atoms with Crippen molar-refractivity contribution in [2.24, 2.45) is 5.10 Å². The average molecular weight is 465 g/mol. The van der Waals surface area contributed by atoms with Crippen LogP contribution in [-0.2, 0) is 6.54 Å². The van der Waals surface area contributed by atoms with Gasteiger partial charge < -0.3 is 9.30 Å². The molecule has 7 nitrogen and oxygen atoms in total. The van der Waals surface area contributed by atoms with Gasteiger partial charge in [0.05, 0.1) is 11.7 Å². The highest BCUT2D eigenvalue weighted by atomic mass is 16.5. The van der Waals surface area contributed by atoms with Crippen molar-refractivity contribution in [1.29, 1.82) is 0 Å². The first-order valence-electron chi connectivity index (χ1n) is 12.1. The zero-order chi connectivity index (χ0) is 23.9. The summed E-state index contributed by atoms with van der Waals surface area (Å²) in [5.41, 5.74) is 6.61. The summed E-state index contributed by atoms with van der Waals surface area (Å²) in [5, 5.41) is 14.1. The molecule has 0 radical (unpaired) electrons. The van der Waals surface area contributed by atoms with Crippen molar-refractivity contribution in [3.63, 3.8) is 0 Å². The lowest BCUT2D eigenvalue weighted by Gasteiger charge is -2.07. The summed E-state index contributed by atoms with van der Waals surface area (Å²) < 4.78 is 8.15. The number of nitrogens with one attached hydrogen (secondary N) is 1. The van der Waals surface area contributed by atoms with Gasteiger partial charge in [0.25, 0.3) is 5.95 Å². The molecule has 0 aliphatic rings. The fourth-order valence-electron chi connectivity index (χ4n) is 4.12. The normalized spacial score (nSPS) is 11.5. The third-order valence-electron chi connectivity index (χ3n) is 5.82. The number of anilines is 1. The lowest BCUT2D eigenvalue weighted by atomic mass is 10.2. The second kappa shape index (κ2) is 10.8. The molecule has 5 rings (SSSR count). The number of aromatic nitrogens is 4. The Morgan fingerprint density at radius 2 is 1.71 bits per heavy atom. The van der Waals surface area contributed by atoms with Crippen LogP contribution in [-0.4, -0.2) is 26.0 Å². The maximum atomic E-state index is 5.90. The first kappa shape index (κ1) is 22.5. The summed E-state index contributed by atoms with van der Waals surface area (Å²) in [6.45, 7) is 3.13. The molecule has 0 fully saturated rings. The Morgan fingerprint density at radius 3 is 2.60 bits per heavy atom. The molecule has 0 saturated carbocycles. The van der Waals surface area contributed by atoms with Crippen LogP contribution < -0.4 is 10.2 Å². The van der Waals surface area contributed by atoms with E-state index in [0.29, 0.717) is 5.95 Å². The molecule has 2 aromatic heterocycles. The molecule has 176 valence electrons. The highest BCUT2D eigenvalue weighted by Gasteiger charge is 2.14. The van der Waals surface area contributed by atoms with Gasteiger partial charge in [-0.2, -0.15) is 10.1 Å². The van der Waals surface area contributed by atoms with Crippen molar-refractivity contribution in [2.75, 3.05) is 5.43 Å². The fraction of sp³-hybridized carbons (Fsp3) is 0.214. The predicted octanol–water partition coefficient (Wildman–Crippen LogP) is 6.80. The van der Waals surface area contributed by atoms with Crippen LogP contribution >= 0.6 is 0 Å². The van der Waals surface area contributed by atoms with E-state index in [9.17, 15) is 0 Å². The predicted molar refractivity (Wildman–Crippen MR) is 141 cm³/mol. The number of rotatable bonds is 10. The zero-order valence-corrected chi connectivity index (χ0v) is 19.8. The minimum Gasteiger partial charge on any atom is -0.457 e. The van der Waals surface area contributed by atoms with E-state index in [1.54, 1.807) is 6.21 Å². The van der Waals surface area contributed by atoms with Gasteiger partial charge in [-0.1, -0.05) is 74.7 Å². The van der Waals surface area contributed by atoms with Crippen molar-refractivity contribution in [3.8, 4) is 11.5 Å². The molecule has 3 aromatic carbocycles. The Kier molecular flexibility index (Phi) is 6.94. The van der Waals surface area contributed by atoms with Crippen LogP contribution in [0.1, 0.15) is 38.2 Å². The van der Waals surface area contributed by atoms with Crippen molar-refractivity contribution in [1.82, 2.24) is 19.7 Å². The van der Waals surface area contributed by atoms with Gasteiger partial charge >= 0.3 is 0 Å². The van der Waals surface area contributed by atoms with E-state index in [4.69, 9.17) is 9.72 Å². The van der Waals surface area contributed by atoms with Crippen LogP contribution in [0, 0.1) is 0 Å². The molecular formula is C28H28N6O. The van der Waals surface area contributed by atoms with Gasteiger partial charge in [-0.3, -0.25) is 0 Å². The number of benzene rings is 3. The Hall–Kier alpha value is -4.26. The molecule has 0 aliphatic carbocycles. The molecule has 5 aromatic rings. The Morgan fingerprint density at radius 1 is 0.886 bits per heavy atom. The van der Waals surface area contributed by atoms with Gasteiger partial charge in [-0.15, -0.1) is 10.2 Å². The Bertz CT molecular complexity index is 1440. The van der Waals surface area contributed by atoms with E-state index in [-0.39, 0.29) is 0 Å². The number of hydrogen-bond donors (Lipinski definition) is 1. The molecule has 0 aliphatic heterocycles. The molecule has 35 heavy (non-hydrogen) atoms.